The van der Waals surface area contributed by atoms with Crippen LogP contribution in [0.25, 0.3) is 0 Å². The van der Waals surface area contributed by atoms with Crippen molar-refractivity contribution in [1.29, 1.82) is 0 Å². The third-order valence-corrected chi connectivity index (χ3v) is 4.64. The van der Waals surface area contributed by atoms with Crippen LogP contribution in [0.2, 0.25) is 0 Å². The molecule has 1 aliphatic rings. The number of hydrogen-bond donors (Lipinski definition) is 0. The lowest BCUT2D eigenvalue weighted by Gasteiger charge is -2.41. The monoisotopic (exact) mass is 326 g/mol. The quantitative estimate of drug-likeness (QED) is 0.845. The standard InChI is InChI=1S/C19H26N4O/c1-15-6-4-5-7-18(15)23-9-8-22(16(2)12-23)13-17-10-20-19(14-24-3)21-11-17/h4-7,10-11,16H,8-9,12-14H2,1-3H3/t16-/m1/s1. The third-order valence-electron chi connectivity index (χ3n) is 4.64. The van der Waals surface area contributed by atoms with Gasteiger partial charge in [0.25, 0.3) is 0 Å². The van der Waals surface area contributed by atoms with Gasteiger partial charge in [0.2, 0.25) is 0 Å². The maximum absolute atomic E-state index is 5.06. The van der Waals surface area contributed by atoms with Gasteiger partial charge in [0, 0.05) is 63.0 Å². The van der Waals surface area contributed by atoms with Gasteiger partial charge in [-0.2, -0.15) is 0 Å². The van der Waals surface area contributed by atoms with Crippen molar-refractivity contribution in [3.05, 3.63) is 53.6 Å². The molecule has 5 nitrogen and oxygen atoms in total. The summed E-state index contributed by atoms with van der Waals surface area (Å²) in [5, 5.41) is 0. The molecule has 1 aromatic carbocycles. The lowest BCUT2D eigenvalue weighted by atomic mass is 10.1. The fraction of sp³-hybridized carbons (Fsp3) is 0.474. The molecule has 24 heavy (non-hydrogen) atoms. The Kier molecular flexibility index (Phi) is 5.43. The van der Waals surface area contributed by atoms with Gasteiger partial charge in [-0.3, -0.25) is 4.90 Å². The molecule has 0 N–H and O–H groups in total. The molecule has 0 unspecified atom stereocenters. The molecule has 0 spiro atoms. The first kappa shape index (κ1) is 16.9. The summed E-state index contributed by atoms with van der Waals surface area (Å²) in [5.41, 5.74) is 3.86. The van der Waals surface area contributed by atoms with Crippen LogP contribution in [0, 0.1) is 6.92 Å². The molecule has 0 radical (unpaired) electrons. The molecule has 128 valence electrons. The van der Waals surface area contributed by atoms with E-state index in [2.05, 4.69) is 57.9 Å². The number of ether oxygens (including phenoxy) is 1. The Balaban J connectivity index is 1.60. The Morgan fingerprint density at radius 2 is 1.92 bits per heavy atom. The number of methoxy groups -OCH3 is 1. The molecule has 1 atom stereocenters. The van der Waals surface area contributed by atoms with Crippen LogP contribution in [0.4, 0.5) is 5.69 Å². The molecule has 1 saturated heterocycles. The minimum absolute atomic E-state index is 0.464. The first-order valence-corrected chi connectivity index (χ1v) is 8.50. The van der Waals surface area contributed by atoms with Crippen molar-refractivity contribution in [2.24, 2.45) is 0 Å². The highest BCUT2D eigenvalue weighted by molar-refractivity contribution is 5.53. The minimum atomic E-state index is 0.464. The summed E-state index contributed by atoms with van der Waals surface area (Å²) in [6.45, 7) is 9.00. The summed E-state index contributed by atoms with van der Waals surface area (Å²) in [5.74, 6) is 0.735. The second-order valence-electron chi connectivity index (χ2n) is 6.49. The van der Waals surface area contributed by atoms with E-state index in [1.54, 1.807) is 7.11 Å². The zero-order chi connectivity index (χ0) is 16.9. The molecule has 0 aliphatic carbocycles. The molecule has 1 aromatic heterocycles. The number of benzene rings is 1. The van der Waals surface area contributed by atoms with E-state index < -0.39 is 0 Å². The maximum Gasteiger partial charge on any atom is 0.153 e. The number of para-hydroxylation sites is 1. The van der Waals surface area contributed by atoms with Crippen molar-refractivity contribution >= 4 is 5.69 Å². The van der Waals surface area contributed by atoms with Crippen LogP contribution in [0.15, 0.2) is 36.7 Å². The van der Waals surface area contributed by atoms with E-state index in [0.717, 1.165) is 37.6 Å². The summed E-state index contributed by atoms with van der Waals surface area (Å²) >= 11 is 0. The molecule has 5 heteroatoms. The number of hydrogen-bond acceptors (Lipinski definition) is 5. The van der Waals surface area contributed by atoms with Gasteiger partial charge in [-0.25, -0.2) is 9.97 Å². The van der Waals surface area contributed by atoms with E-state index in [1.807, 2.05) is 12.4 Å². The van der Waals surface area contributed by atoms with Crippen LogP contribution in [0.3, 0.4) is 0 Å². The lowest BCUT2D eigenvalue weighted by molar-refractivity contribution is 0.175. The van der Waals surface area contributed by atoms with Crippen molar-refractivity contribution in [1.82, 2.24) is 14.9 Å². The predicted octanol–water partition coefficient (Wildman–Crippen LogP) is 2.64. The SMILES string of the molecule is COCc1ncc(CN2CCN(c3ccccc3C)C[C@H]2C)cn1. The number of aryl methyl sites for hydroxylation is 1. The Bertz CT molecular complexity index is 659. The van der Waals surface area contributed by atoms with Gasteiger partial charge in [0.15, 0.2) is 5.82 Å². The van der Waals surface area contributed by atoms with Gasteiger partial charge in [0.05, 0.1) is 0 Å². The van der Waals surface area contributed by atoms with Crippen LogP contribution < -0.4 is 4.90 Å². The molecule has 1 fully saturated rings. The molecule has 3 rings (SSSR count). The smallest absolute Gasteiger partial charge is 0.153 e. The highest BCUT2D eigenvalue weighted by Crippen LogP contribution is 2.23. The number of nitrogens with zero attached hydrogens (tertiary/aromatic N) is 4. The summed E-state index contributed by atoms with van der Waals surface area (Å²) in [7, 11) is 1.66. The first-order chi connectivity index (χ1) is 11.7. The number of aromatic nitrogens is 2. The van der Waals surface area contributed by atoms with E-state index in [-0.39, 0.29) is 0 Å². The minimum Gasteiger partial charge on any atom is -0.377 e. The highest BCUT2D eigenvalue weighted by atomic mass is 16.5. The Hall–Kier alpha value is -1.98. The maximum atomic E-state index is 5.06. The van der Waals surface area contributed by atoms with Crippen LogP contribution in [-0.2, 0) is 17.9 Å². The van der Waals surface area contributed by atoms with Gasteiger partial charge >= 0.3 is 0 Å². The van der Waals surface area contributed by atoms with Crippen molar-refractivity contribution in [3.8, 4) is 0 Å². The van der Waals surface area contributed by atoms with Crippen LogP contribution in [-0.4, -0.2) is 47.7 Å². The van der Waals surface area contributed by atoms with Crippen molar-refractivity contribution in [2.45, 2.75) is 33.0 Å². The van der Waals surface area contributed by atoms with Crippen LogP contribution >= 0.6 is 0 Å². The van der Waals surface area contributed by atoms with E-state index in [1.165, 1.54) is 11.3 Å². The Morgan fingerprint density at radius 1 is 1.17 bits per heavy atom. The number of rotatable bonds is 5. The second kappa shape index (κ2) is 7.73. The summed E-state index contributed by atoms with van der Waals surface area (Å²) in [6.07, 6.45) is 3.84. The number of anilines is 1. The fourth-order valence-corrected chi connectivity index (χ4v) is 3.27. The van der Waals surface area contributed by atoms with E-state index in [0.29, 0.717) is 12.6 Å². The van der Waals surface area contributed by atoms with E-state index >= 15 is 0 Å². The molecule has 0 amide bonds. The van der Waals surface area contributed by atoms with Crippen LogP contribution in [0.1, 0.15) is 23.9 Å². The largest absolute Gasteiger partial charge is 0.377 e. The van der Waals surface area contributed by atoms with Crippen molar-refractivity contribution in [2.75, 3.05) is 31.6 Å². The van der Waals surface area contributed by atoms with Gasteiger partial charge < -0.3 is 9.64 Å². The molecule has 0 saturated carbocycles. The predicted molar refractivity (Wildman–Crippen MR) is 96.0 cm³/mol. The van der Waals surface area contributed by atoms with Gasteiger partial charge in [0.1, 0.15) is 6.61 Å². The molecular weight excluding hydrogens is 300 g/mol. The Morgan fingerprint density at radius 3 is 2.58 bits per heavy atom. The topological polar surface area (TPSA) is 41.5 Å². The molecular formula is C19H26N4O. The third kappa shape index (κ3) is 3.91. The summed E-state index contributed by atoms with van der Waals surface area (Å²) in [4.78, 5) is 13.7. The normalized spacial score (nSPS) is 18.8. The summed E-state index contributed by atoms with van der Waals surface area (Å²) in [6, 6.07) is 9.13. The molecule has 2 heterocycles. The van der Waals surface area contributed by atoms with Gasteiger partial charge in [-0.15, -0.1) is 0 Å². The zero-order valence-corrected chi connectivity index (χ0v) is 14.8. The first-order valence-electron chi connectivity index (χ1n) is 8.50. The van der Waals surface area contributed by atoms with E-state index in [4.69, 9.17) is 4.74 Å². The average Bonchev–Trinajstić information content (AvgIpc) is 2.59. The molecule has 0 bridgehead atoms. The van der Waals surface area contributed by atoms with Crippen molar-refractivity contribution in [3.63, 3.8) is 0 Å². The number of piperazine rings is 1. The Labute approximate surface area is 144 Å². The van der Waals surface area contributed by atoms with Gasteiger partial charge in [-0.05, 0) is 25.5 Å². The highest BCUT2D eigenvalue weighted by Gasteiger charge is 2.24. The average molecular weight is 326 g/mol. The van der Waals surface area contributed by atoms with Crippen molar-refractivity contribution < 1.29 is 4.74 Å². The molecule has 1 aliphatic heterocycles. The second-order valence-corrected chi connectivity index (χ2v) is 6.49. The summed E-state index contributed by atoms with van der Waals surface area (Å²) < 4.78 is 5.06. The lowest BCUT2D eigenvalue weighted by Crippen LogP contribution is -2.51. The van der Waals surface area contributed by atoms with Crippen LogP contribution in [0.5, 0.6) is 0 Å². The van der Waals surface area contributed by atoms with E-state index in [9.17, 15) is 0 Å². The van der Waals surface area contributed by atoms with Gasteiger partial charge in [-0.1, -0.05) is 18.2 Å². The molecule has 2 aromatic rings. The fourth-order valence-electron chi connectivity index (χ4n) is 3.27. The zero-order valence-electron chi connectivity index (χ0n) is 14.8.